The van der Waals surface area contributed by atoms with Gasteiger partial charge in [-0.15, -0.1) is 0 Å². The van der Waals surface area contributed by atoms with Gasteiger partial charge in [0.2, 0.25) is 0 Å². The highest BCUT2D eigenvalue weighted by atomic mass is 16.5. The molecule has 57 heavy (non-hydrogen) atoms. The number of ether oxygens (including phenoxy) is 2. The second kappa shape index (κ2) is 64.9. The van der Waals surface area contributed by atoms with E-state index in [1.54, 1.807) is 0 Å². The Balaban J connectivity index is -0.000000125. The molecule has 0 spiro atoms. The lowest BCUT2D eigenvalue weighted by atomic mass is 10.0. The Labute approximate surface area is 365 Å². The summed E-state index contributed by atoms with van der Waals surface area (Å²) in [6.45, 7) is 49.4. The van der Waals surface area contributed by atoms with Crippen LogP contribution < -0.4 is 16.0 Å². The van der Waals surface area contributed by atoms with Crippen molar-refractivity contribution >= 4 is 0 Å². The van der Waals surface area contributed by atoms with Crippen LogP contribution in [0.25, 0.3) is 0 Å². The molecule has 0 atom stereocenters. The van der Waals surface area contributed by atoms with Crippen molar-refractivity contribution in [1.29, 1.82) is 0 Å². The van der Waals surface area contributed by atoms with Crippen LogP contribution in [0.4, 0.5) is 0 Å². The smallest absolute Gasteiger partial charge is 0.0591 e. The summed E-state index contributed by atoms with van der Waals surface area (Å²) >= 11 is 0. The van der Waals surface area contributed by atoms with Crippen LogP contribution in [-0.4, -0.2) is 65.7 Å². The summed E-state index contributed by atoms with van der Waals surface area (Å²) < 4.78 is 9.95. The molecular weight excluding hydrogens is 699 g/mol. The Kier molecular flexibility index (Phi) is 78.1. The van der Waals surface area contributed by atoms with Gasteiger partial charge in [-0.3, -0.25) is 0 Å². The fraction of sp³-hybridized carbons (Fsp3) is 1.00. The molecule has 3 saturated heterocycles. The topological polar surface area (TPSA) is 54.5 Å². The van der Waals surface area contributed by atoms with Gasteiger partial charge in [0.05, 0.1) is 13.2 Å². The van der Waals surface area contributed by atoms with Crippen molar-refractivity contribution in [1.82, 2.24) is 16.0 Å². The molecule has 3 aliphatic heterocycles. The second-order valence-corrected chi connectivity index (χ2v) is 20.2. The number of hydrogen-bond donors (Lipinski definition) is 3. The third-order valence-electron chi connectivity index (χ3n) is 6.63. The monoisotopic (exact) mass is 818 g/mol. The molecule has 0 aromatic rings. The Morgan fingerprint density at radius 1 is 0.211 bits per heavy atom. The van der Waals surface area contributed by atoms with Gasteiger partial charge >= 0.3 is 0 Å². The van der Waals surface area contributed by atoms with Crippen molar-refractivity contribution in [3.05, 3.63) is 0 Å². The summed E-state index contributed by atoms with van der Waals surface area (Å²) in [5.41, 5.74) is 0. The van der Waals surface area contributed by atoms with E-state index in [0.29, 0.717) is 0 Å². The van der Waals surface area contributed by atoms with E-state index in [9.17, 15) is 0 Å². The average molecular weight is 819 g/mol. The minimum absolute atomic E-state index is 0.833. The SMILES string of the molecule is C1CCC1.C1CCCCC1.C1CCCCC1.C1CCOC1.C1CNCCN1.C1COCCN1.CC(C)C.CC(C)C.CC(C)C.CC(C)C.CC(C)C.CC(C)C. The molecule has 3 aliphatic carbocycles. The maximum absolute atomic E-state index is 5.01. The zero-order chi connectivity index (χ0) is 44.8. The van der Waals surface area contributed by atoms with Crippen molar-refractivity contribution in [2.75, 3.05) is 65.7 Å². The molecule has 6 rings (SSSR count). The van der Waals surface area contributed by atoms with Crippen molar-refractivity contribution in [2.45, 2.75) is 240 Å². The number of rotatable bonds is 0. The Bertz CT molecular complexity index is 403. The molecule has 0 unspecified atom stereocenters. The minimum atomic E-state index is 0.833. The van der Waals surface area contributed by atoms with E-state index in [2.05, 4.69) is 141 Å². The molecule has 0 radical (unpaired) electrons. The first kappa shape index (κ1) is 68.5. The Hall–Kier alpha value is -0.200. The maximum atomic E-state index is 5.01. The number of piperazine rings is 1. The molecule has 3 saturated carbocycles. The van der Waals surface area contributed by atoms with Crippen LogP contribution in [0.3, 0.4) is 0 Å². The molecule has 3 heterocycles. The van der Waals surface area contributed by atoms with Gasteiger partial charge in [0.25, 0.3) is 0 Å². The molecule has 6 aliphatic rings. The summed E-state index contributed by atoms with van der Waals surface area (Å²) in [5.74, 6) is 5.00. The predicted molar refractivity (Wildman–Crippen MR) is 266 cm³/mol. The van der Waals surface area contributed by atoms with Gasteiger partial charge < -0.3 is 25.4 Å². The molecule has 5 heteroatoms. The summed E-state index contributed by atoms with van der Waals surface area (Å²) in [4.78, 5) is 0. The molecule has 6 fully saturated rings. The third kappa shape index (κ3) is 150. The van der Waals surface area contributed by atoms with Crippen molar-refractivity contribution < 1.29 is 9.47 Å². The van der Waals surface area contributed by atoms with Crippen molar-refractivity contribution in [2.24, 2.45) is 35.5 Å². The molecule has 5 nitrogen and oxygen atoms in total. The highest BCUT2D eigenvalue weighted by Gasteiger charge is 1.97. The Morgan fingerprint density at radius 3 is 0.421 bits per heavy atom. The number of nitrogens with one attached hydrogen (secondary N) is 3. The van der Waals surface area contributed by atoms with Crippen LogP contribution in [-0.2, 0) is 9.47 Å². The quantitative estimate of drug-likeness (QED) is 0.227. The first-order valence-corrected chi connectivity index (χ1v) is 25.2. The average Bonchev–Trinajstić information content (AvgIpc) is 3.71. The first-order chi connectivity index (χ1) is 26.9. The fourth-order valence-electron chi connectivity index (χ4n) is 4.00. The van der Waals surface area contributed by atoms with E-state index < -0.39 is 0 Å². The minimum Gasteiger partial charge on any atom is -0.381 e. The third-order valence-corrected chi connectivity index (χ3v) is 6.63. The molecule has 354 valence electrons. The van der Waals surface area contributed by atoms with Crippen LogP contribution in [0, 0.1) is 35.5 Å². The second-order valence-electron chi connectivity index (χ2n) is 20.2. The van der Waals surface area contributed by atoms with Gasteiger partial charge in [0.15, 0.2) is 0 Å². The molecule has 0 aromatic heterocycles. The molecular formula is C52H119N3O2. The number of hydrogen-bond acceptors (Lipinski definition) is 5. The van der Waals surface area contributed by atoms with Crippen molar-refractivity contribution in [3.8, 4) is 0 Å². The zero-order valence-corrected chi connectivity index (χ0v) is 43.6. The van der Waals surface area contributed by atoms with E-state index in [0.717, 1.165) is 101 Å². The standard InChI is InChI=1S/2C6H12.C4H10N2.C4H9NO.C4H8O.C4H8.6C4H10/c2*1-2-4-6-5-3-1;1-2-6-4-3-5-1;1-3-6-4-2-5-1;1-2-4-5-3-1;1-2-4-3-1;6*1-4(2)3/h2*1-6H2;5-6H,1-4H2;5H,1-4H2;1-4H2;1-4H2;6*4H,1-3H3. The summed E-state index contributed by atoms with van der Waals surface area (Å²) in [6.07, 6.45) is 26.6. The predicted octanol–water partition coefficient (Wildman–Crippen LogP) is 15.8. The van der Waals surface area contributed by atoms with Crippen LogP contribution in [0.2, 0.25) is 0 Å². The van der Waals surface area contributed by atoms with Gasteiger partial charge in [0.1, 0.15) is 0 Å². The van der Waals surface area contributed by atoms with E-state index >= 15 is 0 Å². The van der Waals surface area contributed by atoms with Crippen LogP contribution in [0.1, 0.15) is 240 Å². The van der Waals surface area contributed by atoms with Gasteiger partial charge in [-0.1, -0.05) is 227 Å². The lowest BCUT2D eigenvalue weighted by molar-refractivity contribution is 0.109. The number of morpholine rings is 1. The summed E-state index contributed by atoms with van der Waals surface area (Å²) in [6, 6.07) is 0. The van der Waals surface area contributed by atoms with Gasteiger partial charge in [-0.2, -0.15) is 0 Å². The highest BCUT2D eigenvalue weighted by molar-refractivity contribution is 4.59. The summed E-state index contributed by atoms with van der Waals surface area (Å²) in [7, 11) is 0. The summed E-state index contributed by atoms with van der Waals surface area (Å²) in [5, 5.41) is 9.60. The van der Waals surface area contributed by atoms with Gasteiger partial charge in [0, 0.05) is 52.5 Å². The normalized spacial score (nSPS) is 17.7. The highest BCUT2D eigenvalue weighted by Crippen LogP contribution is 2.16. The van der Waals surface area contributed by atoms with Crippen molar-refractivity contribution in [3.63, 3.8) is 0 Å². The lowest BCUT2D eigenvalue weighted by Gasteiger charge is -2.11. The van der Waals surface area contributed by atoms with E-state index in [1.807, 2.05) is 0 Å². The van der Waals surface area contributed by atoms with E-state index in [-0.39, 0.29) is 0 Å². The zero-order valence-electron chi connectivity index (χ0n) is 43.6. The van der Waals surface area contributed by atoms with Gasteiger partial charge in [-0.05, 0) is 48.3 Å². The molecule has 3 N–H and O–H groups in total. The van der Waals surface area contributed by atoms with Crippen LogP contribution in [0.15, 0.2) is 0 Å². The van der Waals surface area contributed by atoms with Crippen LogP contribution >= 0.6 is 0 Å². The fourth-order valence-corrected chi connectivity index (χ4v) is 4.00. The molecule has 0 aromatic carbocycles. The molecule has 0 amide bonds. The van der Waals surface area contributed by atoms with E-state index in [4.69, 9.17) is 9.47 Å². The Morgan fingerprint density at radius 2 is 0.351 bits per heavy atom. The van der Waals surface area contributed by atoms with Gasteiger partial charge in [-0.25, -0.2) is 0 Å². The first-order valence-electron chi connectivity index (χ1n) is 25.2. The van der Waals surface area contributed by atoms with E-state index in [1.165, 1.54) is 116 Å². The molecule has 0 bridgehead atoms. The maximum Gasteiger partial charge on any atom is 0.0591 e. The lowest BCUT2D eigenvalue weighted by Crippen LogP contribution is -2.39. The largest absolute Gasteiger partial charge is 0.381 e. The van der Waals surface area contributed by atoms with Crippen LogP contribution in [0.5, 0.6) is 0 Å².